The van der Waals surface area contributed by atoms with E-state index in [4.69, 9.17) is 0 Å². The molecule has 29 heavy (non-hydrogen) atoms. The highest BCUT2D eigenvalue weighted by molar-refractivity contribution is 7.59. The van der Waals surface area contributed by atoms with Crippen LogP contribution in [0.2, 0.25) is 0 Å². The normalized spacial score (nSPS) is 12.8. The summed E-state index contributed by atoms with van der Waals surface area (Å²) in [5, 5.41) is 0. The van der Waals surface area contributed by atoms with Gasteiger partial charge in [-0.2, -0.15) is 0 Å². The van der Waals surface area contributed by atoms with E-state index in [2.05, 4.69) is 27.7 Å². The van der Waals surface area contributed by atoms with E-state index < -0.39 is 0 Å². The zero-order valence-corrected chi connectivity index (χ0v) is 23.1. The Bertz CT molecular complexity index is 273. The van der Waals surface area contributed by atoms with E-state index in [9.17, 15) is 0 Å². The summed E-state index contributed by atoms with van der Waals surface area (Å²) >= 11 is 0. The van der Waals surface area contributed by atoms with Gasteiger partial charge in [0.05, 0.1) is 0 Å². The Morgan fingerprint density at radius 1 is 0.379 bits per heavy atom. The molecule has 0 aliphatic carbocycles. The van der Waals surface area contributed by atoms with Crippen LogP contribution in [0.15, 0.2) is 0 Å². The van der Waals surface area contributed by atoms with Gasteiger partial charge in [-0.25, -0.2) is 0 Å². The molecular formula is C27H58P2. The third-order valence-electron chi connectivity index (χ3n) is 6.19. The summed E-state index contributed by atoms with van der Waals surface area (Å²) in [6.07, 6.45) is 32.3. The van der Waals surface area contributed by atoms with Gasteiger partial charge in [0.25, 0.3) is 0 Å². The molecule has 2 unspecified atom stereocenters. The van der Waals surface area contributed by atoms with Crippen LogP contribution >= 0.6 is 17.2 Å². The SMILES string of the molecule is CCCCCCCCCCCCPC(C)(C)PCCCCCCCCCCCC. The zero-order chi connectivity index (χ0) is 21.5. The van der Waals surface area contributed by atoms with Crippen LogP contribution in [0.4, 0.5) is 0 Å². The monoisotopic (exact) mass is 444 g/mol. The maximum atomic E-state index is 2.54. The fourth-order valence-corrected chi connectivity index (χ4v) is 7.44. The molecule has 176 valence electrons. The molecule has 0 saturated carbocycles. The summed E-state index contributed by atoms with van der Waals surface area (Å²) in [4.78, 5) is 0.637. The van der Waals surface area contributed by atoms with Crippen LogP contribution in [-0.2, 0) is 0 Å². The second-order valence-electron chi connectivity index (χ2n) is 9.84. The minimum Gasteiger partial charge on any atom is -0.112 e. The molecule has 0 rings (SSSR count). The Hall–Kier alpha value is 0.860. The quantitative estimate of drug-likeness (QED) is 0.103. The van der Waals surface area contributed by atoms with Gasteiger partial charge in [0.1, 0.15) is 0 Å². The van der Waals surface area contributed by atoms with Crippen LogP contribution in [-0.4, -0.2) is 17.2 Å². The van der Waals surface area contributed by atoms with Gasteiger partial charge in [-0.15, -0.1) is 17.2 Å². The molecule has 0 fully saturated rings. The Morgan fingerprint density at radius 3 is 0.897 bits per heavy atom. The highest BCUT2D eigenvalue weighted by Gasteiger charge is 2.16. The highest BCUT2D eigenvalue weighted by Crippen LogP contribution is 2.46. The standard InChI is InChI=1S/C27H58P2/c1-5-7-9-11-13-15-17-19-21-23-25-28-27(3,4)29-26-24-22-20-18-16-14-12-10-8-6-2/h28-29H,5-26H2,1-4H3. The van der Waals surface area contributed by atoms with Crippen LogP contribution < -0.4 is 0 Å². The summed E-state index contributed by atoms with van der Waals surface area (Å²) in [6.45, 7) is 9.69. The van der Waals surface area contributed by atoms with Gasteiger partial charge in [0.2, 0.25) is 0 Å². The topological polar surface area (TPSA) is 0 Å². The van der Waals surface area contributed by atoms with Gasteiger partial charge in [-0.3, -0.25) is 0 Å². The van der Waals surface area contributed by atoms with Crippen molar-refractivity contribution < 1.29 is 0 Å². The van der Waals surface area contributed by atoms with Gasteiger partial charge in [-0.1, -0.05) is 143 Å². The predicted octanol–water partition coefficient (Wildman–Crippen LogP) is 10.9. The molecule has 0 aromatic carbocycles. The van der Waals surface area contributed by atoms with E-state index >= 15 is 0 Å². The van der Waals surface area contributed by atoms with Crippen molar-refractivity contribution in [1.29, 1.82) is 0 Å². The van der Waals surface area contributed by atoms with Gasteiger partial charge < -0.3 is 0 Å². The van der Waals surface area contributed by atoms with Gasteiger partial charge in [0.15, 0.2) is 0 Å². The Kier molecular flexibility index (Phi) is 24.2. The van der Waals surface area contributed by atoms with Gasteiger partial charge in [-0.05, 0) is 30.1 Å². The van der Waals surface area contributed by atoms with Crippen LogP contribution in [0.1, 0.15) is 156 Å². The smallest absolute Gasteiger partial charge is 0.000617 e. The van der Waals surface area contributed by atoms with E-state index in [0.717, 1.165) is 0 Å². The molecule has 0 heterocycles. The molecule has 0 aliphatic heterocycles. The lowest BCUT2D eigenvalue weighted by atomic mass is 10.1. The molecule has 0 aromatic rings. The first kappa shape index (κ1) is 29.9. The molecule has 0 bridgehead atoms. The van der Waals surface area contributed by atoms with Crippen molar-refractivity contribution in [3.8, 4) is 0 Å². The van der Waals surface area contributed by atoms with E-state index in [-0.39, 0.29) is 0 Å². The first-order valence-corrected chi connectivity index (χ1v) is 16.0. The second kappa shape index (κ2) is 23.5. The van der Waals surface area contributed by atoms with Crippen LogP contribution in [0, 0.1) is 0 Å². The van der Waals surface area contributed by atoms with Crippen molar-refractivity contribution >= 4 is 17.2 Å². The van der Waals surface area contributed by atoms with Crippen LogP contribution in [0.3, 0.4) is 0 Å². The first-order chi connectivity index (χ1) is 14.1. The molecule has 2 atom stereocenters. The molecule has 0 radical (unpaired) electrons. The number of hydrogen-bond donors (Lipinski definition) is 0. The lowest BCUT2D eigenvalue weighted by Gasteiger charge is -2.25. The van der Waals surface area contributed by atoms with E-state index in [1.807, 2.05) is 0 Å². The Balaban J connectivity index is 3.30. The van der Waals surface area contributed by atoms with Crippen molar-refractivity contribution in [1.82, 2.24) is 0 Å². The molecule has 0 saturated heterocycles. The predicted molar refractivity (Wildman–Crippen MR) is 144 cm³/mol. The highest BCUT2D eigenvalue weighted by atomic mass is 31.1. The molecular weight excluding hydrogens is 386 g/mol. The van der Waals surface area contributed by atoms with Gasteiger partial charge in [0, 0.05) is 0 Å². The summed E-state index contributed by atoms with van der Waals surface area (Å²) in [6, 6.07) is 0. The minimum absolute atomic E-state index is 0.637. The summed E-state index contributed by atoms with van der Waals surface area (Å²) in [7, 11) is 2.39. The van der Waals surface area contributed by atoms with E-state index in [1.165, 1.54) is 158 Å². The molecule has 0 spiro atoms. The first-order valence-electron chi connectivity index (χ1n) is 13.6. The van der Waals surface area contributed by atoms with E-state index in [0.29, 0.717) is 4.90 Å². The molecule has 0 aromatic heterocycles. The number of rotatable bonds is 24. The molecule has 0 N–H and O–H groups in total. The second-order valence-corrected chi connectivity index (χ2v) is 14.5. The molecule has 2 heteroatoms. The third-order valence-corrected chi connectivity index (χ3v) is 10.2. The molecule has 0 aliphatic rings. The van der Waals surface area contributed by atoms with Crippen LogP contribution in [0.25, 0.3) is 0 Å². The lowest BCUT2D eigenvalue weighted by Crippen LogP contribution is -2.06. The summed E-state index contributed by atoms with van der Waals surface area (Å²) < 4.78 is 0. The lowest BCUT2D eigenvalue weighted by molar-refractivity contribution is 0.562. The third kappa shape index (κ3) is 25.0. The van der Waals surface area contributed by atoms with Crippen molar-refractivity contribution in [3.63, 3.8) is 0 Å². The van der Waals surface area contributed by atoms with Gasteiger partial charge >= 0.3 is 0 Å². The largest absolute Gasteiger partial charge is 0.112 e. The Morgan fingerprint density at radius 2 is 0.621 bits per heavy atom. The van der Waals surface area contributed by atoms with Crippen molar-refractivity contribution in [2.45, 2.75) is 161 Å². The summed E-state index contributed by atoms with van der Waals surface area (Å²) in [5.41, 5.74) is 0. The maximum absolute atomic E-state index is 2.54. The fourth-order valence-electron chi connectivity index (χ4n) is 4.09. The molecule has 0 amide bonds. The minimum atomic E-state index is 0.637. The molecule has 0 nitrogen and oxygen atoms in total. The summed E-state index contributed by atoms with van der Waals surface area (Å²) in [5.74, 6) is 0. The van der Waals surface area contributed by atoms with Crippen molar-refractivity contribution in [2.75, 3.05) is 12.3 Å². The number of hydrogen-bond acceptors (Lipinski definition) is 0. The van der Waals surface area contributed by atoms with E-state index in [1.54, 1.807) is 0 Å². The van der Waals surface area contributed by atoms with Crippen molar-refractivity contribution in [2.24, 2.45) is 0 Å². The van der Waals surface area contributed by atoms with Crippen LogP contribution in [0.5, 0.6) is 0 Å². The average molecular weight is 445 g/mol. The average Bonchev–Trinajstić information content (AvgIpc) is 2.70. The number of unbranched alkanes of at least 4 members (excludes halogenated alkanes) is 18. The maximum Gasteiger partial charge on any atom is -0.000617 e. The fraction of sp³-hybridized carbons (Fsp3) is 1.00. The Labute approximate surface area is 190 Å². The van der Waals surface area contributed by atoms with Crippen molar-refractivity contribution in [3.05, 3.63) is 0 Å². The zero-order valence-electron chi connectivity index (χ0n) is 21.1.